The molecule has 0 spiro atoms. The smallest absolute Gasteiger partial charge is 0.328 e. The number of thiol groups is 1. The number of halogens is 1. The lowest BCUT2D eigenvalue weighted by Gasteiger charge is -2.33. The summed E-state index contributed by atoms with van der Waals surface area (Å²) in [6.45, 7) is 0.688. The van der Waals surface area contributed by atoms with Crippen LogP contribution in [-0.2, 0) is 14.3 Å². The van der Waals surface area contributed by atoms with Crippen LogP contribution in [0, 0.1) is 0 Å². The first-order chi connectivity index (χ1) is 10.9. The first kappa shape index (κ1) is 17.6. The Balaban J connectivity index is 2.40. The lowest BCUT2D eigenvalue weighted by atomic mass is 10.0. The number of aliphatic carboxylic acids is 1. The van der Waals surface area contributed by atoms with Gasteiger partial charge in [0.1, 0.15) is 6.04 Å². The van der Waals surface area contributed by atoms with E-state index in [-0.39, 0.29) is 6.54 Å². The van der Waals surface area contributed by atoms with Gasteiger partial charge in [0, 0.05) is 29.1 Å². The maximum absolute atomic E-state index is 12.3. The second kappa shape index (κ2) is 7.68. The summed E-state index contributed by atoms with van der Waals surface area (Å²) in [5.74, 6) is -1.52. The molecule has 7 heteroatoms. The van der Waals surface area contributed by atoms with Gasteiger partial charge in [0.15, 0.2) is 0 Å². The Hall–Kier alpha value is -1.76. The molecular formula is C16H16ClNO4S. The second-order valence-corrected chi connectivity index (χ2v) is 5.86. The summed E-state index contributed by atoms with van der Waals surface area (Å²) in [7, 11) is 1.31. The van der Waals surface area contributed by atoms with Gasteiger partial charge in [0.05, 0.1) is 7.11 Å². The van der Waals surface area contributed by atoms with Crippen molar-refractivity contribution in [2.45, 2.75) is 6.04 Å². The summed E-state index contributed by atoms with van der Waals surface area (Å²) in [4.78, 5) is 25.6. The molecule has 0 saturated heterocycles. The van der Waals surface area contributed by atoms with Crippen molar-refractivity contribution in [3.63, 3.8) is 0 Å². The first-order valence-corrected chi connectivity index (χ1v) is 7.66. The van der Waals surface area contributed by atoms with E-state index in [2.05, 4.69) is 12.6 Å². The Labute approximate surface area is 144 Å². The minimum Gasteiger partial charge on any atom is -0.478 e. The normalized spacial score (nSPS) is 18.4. The third kappa shape index (κ3) is 4.16. The third-order valence-electron chi connectivity index (χ3n) is 3.51. The molecule has 5 nitrogen and oxygen atoms in total. The molecule has 1 aromatic carbocycles. The van der Waals surface area contributed by atoms with E-state index in [9.17, 15) is 9.59 Å². The lowest BCUT2D eigenvalue weighted by Crippen LogP contribution is -2.38. The standard InChI is InChI=1S/C16H16ClNO4S/c1-22-16(21)15(11-4-2-3-5-12(11)17)18-7-6-13(23)10(9-18)8-14(19)20/h2-6,8,15,23H,7,9H2,1H3,(H,19,20)/b10-8-/t15-/m0/s1. The second-order valence-electron chi connectivity index (χ2n) is 4.97. The fourth-order valence-corrected chi connectivity index (χ4v) is 2.90. The van der Waals surface area contributed by atoms with Crippen LogP contribution in [0.2, 0.25) is 5.02 Å². The number of rotatable bonds is 4. The van der Waals surface area contributed by atoms with Gasteiger partial charge in [-0.1, -0.05) is 35.9 Å². The van der Waals surface area contributed by atoms with Gasteiger partial charge in [-0.3, -0.25) is 4.90 Å². The number of carbonyl (C=O) groups is 2. The summed E-state index contributed by atoms with van der Waals surface area (Å²) >= 11 is 10.5. The number of ether oxygens (including phenoxy) is 1. The zero-order valence-corrected chi connectivity index (χ0v) is 14.1. The third-order valence-corrected chi connectivity index (χ3v) is 4.32. The Kier molecular flexibility index (Phi) is 5.87. The number of hydrogen-bond donors (Lipinski definition) is 2. The van der Waals surface area contributed by atoms with Gasteiger partial charge in [-0.15, -0.1) is 12.6 Å². The molecule has 23 heavy (non-hydrogen) atoms. The maximum atomic E-state index is 12.3. The van der Waals surface area contributed by atoms with E-state index in [1.165, 1.54) is 7.11 Å². The predicted octanol–water partition coefficient (Wildman–Crippen LogP) is 2.69. The van der Waals surface area contributed by atoms with Crippen LogP contribution < -0.4 is 0 Å². The molecule has 1 N–H and O–H groups in total. The molecule has 1 aliphatic heterocycles. The molecule has 0 saturated carbocycles. The van der Waals surface area contributed by atoms with Crippen LogP contribution in [0.1, 0.15) is 11.6 Å². The molecule has 0 amide bonds. The van der Waals surface area contributed by atoms with Gasteiger partial charge < -0.3 is 9.84 Å². The van der Waals surface area contributed by atoms with Crippen LogP contribution in [-0.4, -0.2) is 42.1 Å². The van der Waals surface area contributed by atoms with Crippen molar-refractivity contribution in [2.75, 3.05) is 20.2 Å². The number of carbonyl (C=O) groups excluding carboxylic acids is 1. The molecule has 2 rings (SSSR count). The first-order valence-electron chi connectivity index (χ1n) is 6.83. The van der Waals surface area contributed by atoms with Gasteiger partial charge in [-0.05, 0) is 17.2 Å². The topological polar surface area (TPSA) is 66.8 Å². The molecule has 0 aromatic heterocycles. The zero-order chi connectivity index (χ0) is 17.0. The van der Waals surface area contributed by atoms with Crippen LogP contribution in [0.25, 0.3) is 0 Å². The van der Waals surface area contributed by atoms with Crippen molar-refractivity contribution in [1.82, 2.24) is 4.90 Å². The summed E-state index contributed by atoms with van der Waals surface area (Å²) < 4.78 is 4.90. The Bertz CT molecular complexity index is 686. The Morgan fingerprint density at radius 3 is 2.74 bits per heavy atom. The Morgan fingerprint density at radius 1 is 1.43 bits per heavy atom. The minimum absolute atomic E-state index is 0.257. The number of carboxylic acid groups (broad SMARTS) is 1. The average Bonchev–Trinajstić information content (AvgIpc) is 2.51. The summed E-state index contributed by atoms with van der Waals surface area (Å²) in [5, 5.41) is 9.41. The fourth-order valence-electron chi connectivity index (χ4n) is 2.45. The fraction of sp³-hybridized carbons (Fsp3) is 0.250. The van der Waals surface area contributed by atoms with Gasteiger partial charge >= 0.3 is 11.9 Å². The maximum Gasteiger partial charge on any atom is 0.328 e. The van der Waals surface area contributed by atoms with Crippen molar-refractivity contribution in [2.24, 2.45) is 0 Å². The highest BCUT2D eigenvalue weighted by atomic mass is 35.5. The van der Waals surface area contributed by atoms with Gasteiger partial charge in [0.25, 0.3) is 0 Å². The summed E-state index contributed by atoms with van der Waals surface area (Å²) in [5.41, 5.74) is 1.14. The molecule has 1 aromatic rings. The van der Waals surface area contributed by atoms with E-state index in [0.717, 1.165) is 6.08 Å². The SMILES string of the molecule is COC(=O)[C@H](c1ccccc1Cl)N1CC=C(S)/C(=C\C(=O)O)C1. The monoisotopic (exact) mass is 353 g/mol. The van der Waals surface area contributed by atoms with Crippen molar-refractivity contribution >= 4 is 36.2 Å². The van der Waals surface area contributed by atoms with Crippen molar-refractivity contribution in [1.29, 1.82) is 0 Å². The molecule has 0 fully saturated rings. The number of hydrogen-bond acceptors (Lipinski definition) is 5. The van der Waals surface area contributed by atoms with Crippen molar-refractivity contribution < 1.29 is 19.4 Å². The van der Waals surface area contributed by atoms with E-state index in [4.69, 9.17) is 21.4 Å². The van der Waals surface area contributed by atoms with Crippen molar-refractivity contribution in [3.8, 4) is 0 Å². The van der Waals surface area contributed by atoms with Crippen LogP contribution in [0.5, 0.6) is 0 Å². The molecule has 0 unspecified atom stereocenters. The van der Waals surface area contributed by atoms with E-state index in [1.54, 1.807) is 35.2 Å². The van der Waals surface area contributed by atoms with Crippen LogP contribution in [0.3, 0.4) is 0 Å². The Morgan fingerprint density at radius 2 is 2.13 bits per heavy atom. The van der Waals surface area contributed by atoms with E-state index < -0.39 is 18.0 Å². The summed E-state index contributed by atoms with van der Waals surface area (Å²) in [6, 6.07) is 6.30. The molecule has 0 bridgehead atoms. The quantitative estimate of drug-likeness (QED) is 0.495. The van der Waals surface area contributed by atoms with Gasteiger partial charge in [0.2, 0.25) is 0 Å². The van der Waals surface area contributed by atoms with Crippen molar-refractivity contribution in [3.05, 3.63) is 57.5 Å². The number of benzene rings is 1. The molecule has 0 aliphatic carbocycles. The lowest BCUT2D eigenvalue weighted by molar-refractivity contribution is -0.147. The number of methoxy groups -OCH3 is 1. The molecular weight excluding hydrogens is 338 g/mol. The van der Waals surface area contributed by atoms with Crippen LogP contribution in [0.4, 0.5) is 0 Å². The number of nitrogens with zero attached hydrogens (tertiary/aromatic N) is 1. The number of esters is 1. The highest BCUT2D eigenvalue weighted by Gasteiger charge is 2.32. The summed E-state index contributed by atoms with van der Waals surface area (Å²) in [6.07, 6.45) is 2.85. The largest absolute Gasteiger partial charge is 0.478 e. The van der Waals surface area contributed by atoms with E-state index in [1.807, 2.05) is 0 Å². The van der Waals surface area contributed by atoms with Crippen LogP contribution >= 0.6 is 24.2 Å². The number of carboxylic acids is 1. The average molecular weight is 354 g/mol. The molecule has 1 heterocycles. The van der Waals surface area contributed by atoms with Gasteiger partial charge in [-0.2, -0.15) is 0 Å². The van der Waals surface area contributed by atoms with E-state index in [0.29, 0.717) is 27.6 Å². The minimum atomic E-state index is -1.06. The van der Waals surface area contributed by atoms with Gasteiger partial charge in [-0.25, -0.2) is 9.59 Å². The zero-order valence-electron chi connectivity index (χ0n) is 12.4. The molecule has 1 atom stereocenters. The highest BCUT2D eigenvalue weighted by Crippen LogP contribution is 2.32. The molecule has 1 aliphatic rings. The highest BCUT2D eigenvalue weighted by molar-refractivity contribution is 7.84. The molecule has 0 radical (unpaired) electrons. The van der Waals surface area contributed by atoms with E-state index >= 15 is 0 Å². The van der Waals surface area contributed by atoms with Crippen LogP contribution in [0.15, 0.2) is 46.9 Å². The molecule has 122 valence electrons. The predicted molar refractivity (Wildman–Crippen MR) is 90.6 cm³/mol.